The van der Waals surface area contributed by atoms with Gasteiger partial charge >= 0.3 is 0 Å². The molecule has 17 heavy (non-hydrogen) atoms. The van der Waals surface area contributed by atoms with Crippen LogP contribution in [-0.2, 0) is 12.8 Å². The van der Waals surface area contributed by atoms with Crippen molar-refractivity contribution < 1.29 is 0 Å². The molecule has 0 heterocycles. The second-order valence-corrected chi connectivity index (χ2v) is 5.17. The van der Waals surface area contributed by atoms with E-state index >= 15 is 0 Å². The van der Waals surface area contributed by atoms with E-state index in [1.54, 1.807) is 11.1 Å². The Morgan fingerprint density at radius 2 is 1.35 bits per heavy atom. The molecule has 2 aromatic rings. The zero-order chi connectivity index (χ0) is 11.7. The van der Waals surface area contributed by atoms with Gasteiger partial charge in [-0.05, 0) is 41.4 Å². The van der Waals surface area contributed by atoms with E-state index in [0.717, 1.165) is 5.92 Å². The van der Waals surface area contributed by atoms with Crippen molar-refractivity contribution in [3.63, 3.8) is 0 Å². The summed E-state index contributed by atoms with van der Waals surface area (Å²) in [5.41, 5.74) is 4.58. The van der Waals surface area contributed by atoms with E-state index in [0.29, 0.717) is 5.92 Å². The van der Waals surface area contributed by atoms with Gasteiger partial charge in [0, 0.05) is 0 Å². The minimum Gasteiger partial charge on any atom is -0.0622 e. The molecule has 3 rings (SSSR count). The van der Waals surface area contributed by atoms with Gasteiger partial charge in [0.1, 0.15) is 0 Å². The summed E-state index contributed by atoms with van der Waals surface area (Å²) in [6.07, 6.45) is 2.41. The Hall–Kier alpha value is -1.56. The van der Waals surface area contributed by atoms with Crippen LogP contribution in [-0.4, -0.2) is 0 Å². The van der Waals surface area contributed by atoms with E-state index in [4.69, 9.17) is 0 Å². The Balaban J connectivity index is 1.95. The summed E-state index contributed by atoms with van der Waals surface area (Å²) in [4.78, 5) is 0. The molecule has 0 aromatic heterocycles. The molecule has 0 N–H and O–H groups in total. The van der Waals surface area contributed by atoms with E-state index in [-0.39, 0.29) is 0 Å². The normalized spacial score (nSPS) is 23.1. The fourth-order valence-corrected chi connectivity index (χ4v) is 3.03. The van der Waals surface area contributed by atoms with Gasteiger partial charge in [0.2, 0.25) is 0 Å². The SMILES string of the molecule is C[C@H]1Cc2ccccc2C[C@@H]1c1ccccc1. The molecule has 0 unspecified atom stereocenters. The second-order valence-electron chi connectivity index (χ2n) is 5.17. The molecule has 2 aromatic carbocycles. The van der Waals surface area contributed by atoms with Gasteiger partial charge in [0.25, 0.3) is 0 Å². The van der Waals surface area contributed by atoms with Gasteiger partial charge in [0.05, 0.1) is 0 Å². The highest BCUT2D eigenvalue weighted by Gasteiger charge is 2.25. The standard InChI is InChI=1S/C17H18/c1-13-11-15-9-5-6-10-16(15)12-17(13)14-7-3-2-4-8-14/h2-10,13,17H,11-12H2,1H3/t13-,17-/m0/s1. The first-order valence-corrected chi connectivity index (χ1v) is 6.46. The van der Waals surface area contributed by atoms with Crippen LogP contribution in [0.4, 0.5) is 0 Å². The minimum absolute atomic E-state index is 0.686. The molecule has 0 bridgehead atoms. The molecular formula is C17H18. The molecule has 0 heteroatoms. The number of fused-ring (bicyclic) bond motifs is 1. The van der Waals surface area contributed by atoms with Crippen molar-refractivity contribution >= 4 is 0 Å². The van der Waals surface area contributed by atoms with Crippen LogP contribution in [0.25, 0.3) is 0 Å². The van der Waals surface area contributed by atoms with E-state index in [1.165, 1.54) is 18.4 Å². The molecule has 0 spiro atoms. The highest BCUT2D eigenvalue weighted by molar-refractivity contribution is 5.34. The van der Waals surface area contributed by atoms with Crippen molar-refractivity contribution in [1.82, 2.24) is 0 Å². The summed E-state index contributed by atoms with van der Waals surface area (Å²) in [6, 6.07) is 19.9. The highest BCUT2D eigenvalue weighted by atomic mass is 14.3. The average Bonchev–Trinajstić information content (AvgIpc) is 2.39. The molecule has 0 amide bonds. The number of benzene rings is 2. The molecule has 1 aliphatic rings. The summed E-state index contributed by atoms with van der Waals surface area (Å²) in [5, 5.41) is 0. The predicted molar refractivity (Wildman–Crippen MR) is 72.2 cm³/mol. The Morgan fingerprint density at radius 3 is 2.06 bits per heavy atom. The maximum atomic E-state index is 2.38. The Kier molecular flexibility index (Phi) is 2.72. The maximum Gasteiger partial charge on any atom is -0.00925 e. The van der Waals surface area contributed by atoms with Gasteiger partial charge in [0.15, 0.2) is 0 Å². The first kappa shape index (κ1) is 10.6. The van der Waals surface area contributed by atoms with Crippen LogP contribution in [0.5, 0.6) is 0 Å². The lowest BCUT2D eigenvalue weighted by Crippen LogP contribution is -2.21. The molecule has 0 nitrogen and oxygen atoms in total. The van der Waals surface area contributed by atoms with Gasteiger partial charge in [-0.15, -0.1) is 0 Å². The lowest BCUT2D eigenvalue weighted by molar-refractivity contribution is 0.428. The van der Waals surface area contributed by atoms with Gasteiger partial charge in [-0.2, -0.15) is 0 Å². The summed E-state index contributed by atoms with van der Waals surface area (Å²) in [5.74, 6) is 1.43. The number of rotatable bonds is 1. The molecule has 0 saturated heterocycles. The quantitative estimate of drug-likeness (QED) is 0.678. The Bertz CT molecular complexity index is 498. The molecule has 0 radical (unpaired) electrons. The minimum atomic E-state index is 0.686. The average molecular weight is 222 g/mol. The zero-order valence-corrected chi connectivity index (χ0v) is 10.3. The fraction of sp³-hybridized carbons (Fsp3) is 0.294. The smallest absolute Gasteiger partial charge is 0.00925 e. The summed E-state index contributed by atoms with van der Waals surface area (Å²) >= 11 is 0. The van der Waals surface area contributed by atoms with Crippen LogP contribution in [0.15, 0.2) is 54.6 Å². The second kappa shape index (κ2) is 4.37. The summed E-state index contributed by atoms with van der Waals surface area (Å²) in [6.45, 7) is 2.38. The lowest BCUT2D eigenvalue weighted by atomic mass is 9.74. The molecular weight excluding hydrogens is 204 g/mol. The van der Waals surface area contributed by atoms with E-state index < -0.39 is 0 Å². The molecule has 0 saturated carbocycles. The first-order valence-electron chi connectivity index (χ1n) is 6.46. The van der Waals surface area contributed by atoms with E-state index in [9.17, 15) is 0 Å². The third-order valence-electron chi connectivity index (χ3n) is 4.01. The molecule has 2 atom stereocenters. The Morgan fingerprint density at radius 1 is 0.765 bits per heavy atom. The van der Waals surface area contributed by atoms with Crippen LogP contribution in [0.1, 0.15) is 29.5 Å². The van der Waals surface area contributed by atoms with Gasteiger partial charge in [-0.1, -0.05) is 61.5 Å². The topological polar surface area (TPSA) is 0 Å². The van der Waals surface area contributed by atoms with Crippen molar-refractivity contribution in [1.29, 1.82) is 0 Å². The summed E-state index contributed by atoms with van der Waals surface area (Å²) < 4.78 is 0. The zero-order valence-electron chi connectivity index (χ0n) is 10.3. The van der Waals surface area contributed by atoms with Crippen LogP contribution in [0.3, 0.4) is 0 Å². The van der Waals surface area contributed by atoms with Crippen molar-refractivity contribution in [3.8, 4) is 0 Å². The van der Waals surface area contributed by atoms with Crippen molar-refractivity contribution in [3.05, 3.63) is 71.3 Å². The molecule has 86 valence electrons. The van der Waals surface area contributed by atoms with Gasteiger partial charge in [-0.25, -0.2) is 0 Å². The largest absolute Gasteiger partial charge is 0.0622 e. The van der Waals surface area contributed by atoms with Crippen LogP contribution < -0.4 is 0 Å². The Labute approximate surface area is 103 Å². The highest BCUT2D eigenvalue weighted by Crippen LogP contribution is 2.36. The summed E-state index contributed by atoms with van der Waals surface area (Å²) in [7, 11) is 0. The monoisotopic (exact) mass is 222 g/mol. The van der Waals surface area contributed by atoms with Crippen molar-refractivity contribution in [2.45, 2.75) is 25.7 Å². The van der Waals surface area contributed by atoms with Gasteiger partial charge < -0.3 is 0 Å². The third kappa shape index (κ3) is 2.00. The lowest BCUT2D eigenvalue weighted by Gasteiger charge is -2.31. The molecule has 1 aliphatic carbocycles. The fourth-order valence-electron chi connectivity index (χ4n) is 3.03. The number of hydrogen-bond acceptors (Lipinski definition) is 0. The maximum absolute atomic E-state index is 2.38. The predicted octanol–water partition coefficient (Wildman–Crippen LogP) is 4.21. The molecule has 0 fully saturated rings. The van der Waals surface area contributed by atoms with Crippen molar-refractivity contribution in [2.75, 3.05) is 0 Å². The molecule has 0 aliphatic heterocycles. The van der Waals surface area contributed by atoms with Crippen LogP contribution in [0.2, 0.25) is 0 Å². The van der Waals surface area contributed by atoms with E-state index in [1.807, 2.05) is 0 Å². The van der Waals surface area contributed by atoms with Gasteiger partial charge in [-0.3, -0.25) is 0 Å². The third-order valence-corrected chi connectivity index (χ3v) is 4.01. The number of hydrogen-bond donors (Lipinski definition) is 0. The van der Waals surface area contributed by atoms with E-state index in [2.05, 4.69) is 61.5 Å². The van der Waals surface area contributed by atoms with Crippen molar-refractivity contribution in [2.24, 2.45) is 5.92 Å². The van der Waals surface area contributed by atoms with Crippen LogP contribution >= 0.6 is 0 Å². The van der Waals surface area contributed by atoms with Crippen LogP contribution in [0, 0.1) is 5.92 Å². The first-order chi connectivity index (χ1) is 8.34.